The van der Waals surface area contributed by atoms with Crippen molar-refractivity contribution in [3.63, 3.8) is 0 Å². The van der Waals surface area contributed by atoms with Crippen LogP contribution in [0.25, 0.3) is 0 Å². The highest BCUT2D eigenvalue weighted by molar-refractivity contribution is 5.72. The molecule has 0 heterocycles. The van der Waals surface area contributed by atoms with Crippen LogP contribution >= 0.6 is 0 Å². The molecule has 0 aliphatic heterocycles. The van der Waals surface area contributed by atoms with Gasteiger partial charge in [0.1, 0.15) is 6.04 Å². The average Bonchev–Trinajstić information content (AvgIpc) is 2.23. The summed E-state index contributed by atoms with van der Waals surface area (Å²) in [6, 6.07) is -0.742. The first kappa shape index (κ1) is 26.5. The van der Waals surface area contributed by atoms with Gasteiger partial charge in [0.15, 0.2) is 0 Å². The second-order valence-corrected chi connectivity index (χ2v) is 2.59. The summed E-state index contributed by atoms with van der Waals surface area (Å²) < 4.78 is 0. The van der Waals surface area contributed by atoms with Crippen LogP contribution in [0.3, 0.4) is 0 Å². The van der Waals surface area contributed by atoms with Crippen LogP contribution in [0.1, 0.15) is 12.8 Å². The van der Waals surface area contributed by atoms with Gasteiger partial charge in [-0.3, -0.25) is 4.79 Å². The highest BCUT2D eigenvalue weighted by atomic mass is 16.9. The second-order valence-electron chi connectivity index (χ2n) is 2.59. The van der Waals surface area contributed by atoms with Gasteiger partial charge < -0.3 is 32.2 Å². The van der Waals surface area contributed by atoms with Gasteiger partial charge in [-0.25, -0.2) is 0 Å². The fraction of sp³-hybridized carbons (Fsp3) is 0.800. The van der Waals surface area contributed by atoms with E-state index in [4.69, 9.17) is 62.5 Å². The van der Waals surface area contributed by atoms with E-state index in [0.717, 1.165) is 0 Å². The summed E-state index contributed by atoms with van der Waals surface area (Å²) in [6.45, 7) is 0.501. The van der Waals surface area contributed by atoms with Gasteiger partial charge in [0.25, 0.3) is 15.3 Å². The van der Waals surface area contributed by atoms with E-state index in [1.54, 1.807) is 0 Å². The standard InChI is InChI=1S/C5H12N2O2.3HNO3/c6-3-1-2-4(7)5(8)9;3*2-1(3)4/h4H,1-3,6-7H2,(H,8,9);3*(H,2,3,4)/t4-;;;/m0.../s1. The molecule has 126 valence electrons. The number of carboxylic acid groups (broad SMARTS) is 1. The van der Waals surface area contributed by atoms with E-state index >= 15 is 0 Å². The van der Waals surface area contributed by atoms with Gasteiger partial charge in [0.2, 0.25) is 0 Å². The molecule has 0 unspecified atom stereocenters. The Morgan fingerprint density at radius 3 is 1.38 bits per heavy atom. The van der Waals surface area contributed by atoms with Gasteiger partial charge in [-0.2, -0.15) is 0 Å². The Bertz CT molecular complexity index is 269. The summed E-state index contributed by atoms with van der Waals surface area (Å²) in [6.07, 6.45) is 1.14. The lowest BCUT2D eigenvalue weighted by atomic mass is 10.2. The summed E-state index contributed by atoms with van der Waals surface area (Å²) in [5, 5.41) is 49.2. The molecule has 0 radical (unpaired) electrons. The molecular weight excluding hydrogens is 306 g/mol. The number of aliphatic carboxylic acids is 1. The normalized spacial score (nSPS) is 9.05. The Morgan fingerprint density at radius 1 is 1.00 bits per heavy atom. The van der Waals surface area contributed by atoms with Crippen LogP contribution in [0.4, 0.5) is 0 Å². The highest BCUT2D eigenvalue weighted by Gasteiger charge is 2.08. The SMILES string of the molecule is NCCC[C@H](N)C(=O)O.O=[N+]([O-])O.O=[N+]([O-])O.O=[N+]([O-])O. The zero-order chi connectivity index (χ0) is 18.0. The van der Waals surface area contributed by atoms with Gasteiger partial charge in [-0.1, -0.05) is 0 Å². The number of carboxylic acids is 1. The summed E-state index contributed by atoms with van der Waals surface area (Å²) in [5.41, 5.74) is 10.3. The third-order valence-corrected chi connectivity index (χ3v) is 1.04. The van der Waals surface area contributed by atoms with Crippen molar-refractivity contribution in [1.82, 2.24) is 0 Å². The molecule has 0 saturated heterocycles. The molecule has 0 rings (SSSR count). The van der Waals surface area contributed by atoms with Crippen LogP contribution in [0.15, 0.2) is 0 Å². The summed E-state index contributed by atoms with van der Waals surface area (Å²) in [4.78, 5) is 35.1. The third kappa shape index (κ3) is 153. The molecule has 0 aromatic rings. The van der Waals surface area contributed by atoms with Crippen molar-refractivity contribution in [2.24, 2.45) is 11.5 Å². The van der Waals surface area contributed by atoms with E-state index in [0.29, 0.717) is 19.4 Å². The summed E-state index contributed by atoms with van der Waals surface area (Å²) >= 11 is 0. The molecular formula is C5H15N5O11. The molecule has 0 aromatic heterocycles. The second kappa shape index (κ2) is 19.3. The average molecular weight is 321 g/mol. The molecule has 0 bridgehead atoms. The van der Waals surface area contributed by atoms with E-state index in [9.17, 15) is 4.79 Å². The molecule has 16 heteroatoms. The van der Waals surface area contributed by atoms with Gasteiger partial charge in [0.05, 0.1) is 0 Å². The van der Waals surface area contributed by atoms with Gasteiger partial charge in [-0.15, -0.1) is 30.3 Å². The number of nitrogens with two attached hydrogens (primary N) is 2. The van der Waals surface area contributed by atoms with E-state index < -0.39 is 27.3 Å². The Hall–Kier alpha value is -3.01. The molecule has 0 fully saturated rings. The van der Waals surface area contributed by atoms with E-state index in [1.165, 1.54) is 0 Å². The molecule has 0 aromatic carbocycles. The summed E-state index contributed by atoms with van der Waals surface area (Å²) in [5.74, 6) is -0.955. The highest BCUT2D eigenvalue weighted by Crippen LogP contribution is 1.91. The zero-order valence-corrected chi connectivity index (χ0v) is 10.3. The lowest BCUT2D eigenvalue weighted by molar-refractivity contribution is -0.742. The van der Waals surface area contributed by atoms with Crippen molar-refractivity contribution in [3.8, 4) is 0 Å². The lowest BCUT2D eigenvalue weighted by Crippen LogP contribution is -2.30. The number of carbonyl (C=O) groups is 1. The topological polar surface area (TPSA) is 279 Å². The lowest BCUT2D eigenvalue weighted by Gasteiger charge is -2.02. The summed E-state index contributed by atoms with van der Waals surface area (Å²) in [7, 11) is 0. The Morgan fingerprint density at radius 2 is 1.24 bits per heavy atom. The first-order valence-corrected chi connectivity index (χ1v) is 4.56. The number of hydrogen-bond donors (Lipinski definition) is 6. The fourth-order valence-corrected chi connectivity index (χ4v) is 0.461. The van der Waals surface area contributed by atoms with Crippen LogP contribution in [0.5, 0.6) is 0 Å². The molecule has 21 heavy (non-hydrogen) atoms. The molecule has 0 aliphatic carbocycles. The van der Waals surface area contributed by atoms with Gasteiger partial charge in [-0.05, 0) is 19.4 Å². The van der Waals surface area contributed by atoms with Crippen molar-refractivity contribution in [2.45, 2.75) is 18.9 Å². The van der Waals surface area contributed by atoms with Crippen LogP contribution in [-0.4, -0.2) is 54.5 Å². The van der Waals surface area contributed by atoms with Crippen molar-refractivity contribution < 1.29 is 40.8 Å². The zero-order valence-electron chi connectivity index (χ0n) is 10.3. The largest absolute Gasteiger partial charge is 0.480 e. The molecule has 8 N–H and O–H groups in total. The van der Waals surface area contributed by atoms with Gasteiger partial charge in [0, 0.05) is 0 Å². The fourth-order valence-electron chi connectivity index (χ4n) is 0.461. The molecule has 0 spiro atoms. The smallest absolute Gasteiger partial charge is 0.320 e. The minimum atomic E-state index is -1.50. The molecule has 0 amide bonds. The van der Waals surface area contributed by atoms with Crippen molar-refractivity contribution >= 4 is 5.97 Å². The third-order valence-electron chi connectivity index (χ3n) is 1.04. The van der Waals surface area contributed by atoms with Crippen LogP contribution < -0.4 is 11.5 Å². The molecule has 0 aliphatic rings. The first-order valence-electron chi connectivity index (χ1n) is 4.56. The van der Waals surface area contributed by atoms with Gasteiger partial charge >= 0.3 is 5.97 Å². The predicted molar refractivity (Wildman–Crippen MR) is 60.2 cm³/mol. The van der Waals surface area contributed by atoms with E-state index in [2.05, 4.69) is 0 Å². The van der Waals surface area contributed by atoms with Crippen LogP contribution in [-0.2, 0) is 4.79 Å². The quantitative estimate of drug-likeness (QED) is 0.243. The molecule has 0 saturated carbocycles. The monoisotopic (exact) mass is 321 g/mol. The first-order chi connectivity index (χ1) is 9.38. The maximum absolute atomic E-state index is 10.0. The van der Waals surface area contributed by atoms with Crippen molar-refractivity contribution in [3.05, 3.63) is 30.3 Å². The Labute approximate surface area is 115 Å². The van der Waals surface area contributed by atoms with E-state index in [1.807, 2.05) is 0 Å². The van der Waals surface area contributed by atoms with Crippen molar-refractivity contribution in [1.29, 1.82) is 0 Å². The minimum Gasteiger partial charge on any atom is -0.480 e. The minimum absolute atomic E-state index is 0.464. The van der Waals surface area contributed by atoms with E-state index in [-0.39, 0.29) is 0 Å². The van der Waals surface area contributed by atoms with Crippen LogP contribution in [0.2, 0.25) is 0 Å². The number of rotatable bonds is 4. The molecule has 1 atom stereocenters. The Balaban J connectivity index is -0.000000102. The number of nitrogens with zero attached hydrogens (tertiary/aromatic N) is 3. The molecule has 16 nitrogen and oxygen atoms in total. The maximum atomic E-state index is 10.0. The predicted octanol–water partition coefficient (Wildman–Crippen LogP) is -1.91. The maximum Gasteiger partial charge on any atom is 0.320 e. The number of hydrogen-bond acceptors (Lipinski definition) is 9. The van der Waals surface area contributed by atoms with Crippen LogP contribution in [0, 0.1) is 30.3 Å². The van der Waals surface area contributed by atoms with Crippen molar-refractivity contribution in [2.75, 3.05) is 6.54 Å². The Kier molecular flexibility index (Phi) is 24.4.